The van der Waals surface area contributed by atoms with Crippen LogP contribution in [0.4, 0.5) is 0 Å². The largest absolute Gasteiger partial charge is 0.466 e. The predicted octanol–water partition coefficient (Wildman–Crippen LogP) is 4.11. The second-order valence-corrected chi connectivity index (χ2v) is 7.23. The molecule has 4 heteroatoms. The molecule has 0 heterocycles. The van der Waals surface area contributed by atoms with E-state index >= 15 is 0 Å². The van der Waals surface area contributed by atoms with Crippen LogP contribution in [0.3, 0.4) is 0 Å². The lowest BCUT2D eigenvalue weighted by Crippen LogP contribution is -2.10. The van der Waals surface area contributed by atoms with Crippen molar-refractivity contribution in [1.29, 1.82) is 0 Å². The van der Waals surface area contributed by atoms with Crippen LogP contribution in [0.2, 0.25) is 0 Å². The van der Waals surface area contributed by atoms with E-state index in [1.54, 1.807) is 6.08 Å². The van der Waals surface area contributed by atoms with Gasteiger partial charge < -0.3 is 4.74 Å². The summed E-state index contributed by atoms with van der Waals surface area (Å²) in [6.07, 6.45) is 7.40. The molecule has 0 amide bonds. The van der Waals surface area contributed by atoms with Crippen molar-refractivity contribution in [3.8, 4) is 0 Å². The molecule has 0 saturated heterocycles. The SMILES string of the molecule is CCCOC(=O)CCCC/C=C/C(=O)SC(C)(C)C. The molecule has 0 bridgehead atoms. The Morgan fingerprint density at radius 3 is 2.47 bits per heavy atom. The highest BCUT2D eigenvalue weighted by molar-refractivity contribution is 8.15. The monoisotopic (exact) mass is 286 g/mol. The number of unbranched alkanes of at least 4 members (excludes halogenated alkanes) is 2. The molecule has 0 N–H and O–H groups in total. The van der Waals surface area contributed by atoms with Gasteiger partial charge in [0.15, 0.2) is 0 Å². The van der Waals surface area contributed by atoms with Gasteiger partial charge in [-0.1, -0.05) is 45.5 Å². The highest BCUT2D eigenvalue weighted by atomic mass is 32.2. The highest BCUT2D eigenvalue weighted by Crippen LogP contribution is 2.24. The standard InChI is InChI=1S/C15H26O3S/c1-5-12-18-13(16)10-8-6-7-9-11-14(17)19-15(2,3)4/h9,11H,5-8,10,12H2,1-4H3/b11-9+. The molecule has 0 spiro atoms. The Morgan fingerprint density at radius 1 is 1.21 bits per heavy atom. The van der Waals surface area contributed by atoms with E-state index < -0.39 is 0 Å². The van der Waals surface area contributed by atoms with Gasteiger partial charge in [-0.3, -0.25) is 9.59 Å². The van der Waals surface area contributed by atoms with Crippen LogP contribution in [0.1, 0.15) is 59.8 Å². The minimum Gasteiger partial charge on any atom is -0.466 e. The number of rotatable bonds is 8. The summed E-state index contributed by atoms with van der Waals surface area (Å²) in [5, 5.41) is 0.0925. The fraction of sp³-hybridized carbons (Fsp3) is 0.733. The van der Waals surface area contributed by atoms with Crippen LogP contribution in [-0.2, 0) is 14.3 Å². The van der Waals surface area contributed by atoms with E-state index in [1.807, 2.05) is 33.8 Å². The zero-order valence-corrected chi connectivity index (χ0v) is 13.3. The summed E-state index contributed by atoms with van der Waals surface area (Å²) in [4.78, 5) is 22.7. The Balaban J connectivity index is 3.58. The summed E-state index contributed by atoms with van der Waals surface area (Å²) in [7, 11) is 0. The minimum absolute atomic E-state index is 0.0372. The Labute approximate surface area is 121 Å². The topological polar surface area (TPSA) is 43.4 Å². The predicted molar refractivity (Wildman–Crippen MR) is 81.2 cm³/mol. The van der Waals surface area contributed by atoms with E-state index in [0.29, 0.717) is 13.0 Å². The molecule has 19 heavy (non-hydrogen) atoms. The molecule has 0 radical (unpaired) electrons. The zero-order chi connectivity index (χ0) is 14.7. The van der Waals surface area contributed by atoms with Crippen molar-refractivity contribution in [3.63, 3.8) is 0 Å². The van der Waals surface area contributed by atoms with Gasteiger partial charge in [0.25, 0.3) is 0 Å². The molecule has 0 atom stereocenters. The molecule has 0 aliphatic carbocycles. The van der Waals surface area contributed by atoms with E-state index in [9.17, 15) is 9.59 Å². The third-order valence-corrected chi connectivity index (χ3v) is 3.08. The first-order valence-corrected chi connectivity index (χ1v) is 7.72. The lowest BCUT2D eigenvalue weighted by molar-refractivity contribution is -0.143. The van der Waals surface area contributed by atoms with Crippen molar-refractivity contribution in [1.82, 2.24) is 0 Å². The van der Waals surface area contributed by atoms with Gasteiger partial charge in [-0.15, -0.1) is 0 Å². The molecule has 0 aromatic heterocycles. The van der Waals surface area contributed by atoms with Crippen molar-refractivity contribution in [3.05, 3.63) is 12.2 Å². The van der Waals surface area contributed by atoms with E-state index in [0.717, 1.165) is 25.7 Å². The fourth-order valence-electron chi connectivity index (χ4n) is 1.33. The molecule has 0 aromatic rings. The number of ether oxygens (including phenoxy) is 1. The molecule has 0 aliphatic heterocycles. The molecular weight excluding hydrogens is 260 g/mol. The van der Waals surface area contributed by atoms with E-state index in [1.165, 1.54) is 11.8 Å². The van der Waals surface area contributed by atoms with Gasteiger partial charge >= 0.3 is 5.97 Å². The van der Waals surface area contributed by atoms with Crippen molar-refractivity contribution >= 4 is 22.8 Å². The average Bonchev–Trinajstić information content (AvgIpc) is 2.28. The smallest absolute Gasteiger partial charge is 0.305 e. The summed E-state index contributed by atoms with van der Waals surface area (Å²) in [5.41, 5.74) is 0. The maximum atomic E-state index is 11.5. The second-order valence-electron chi connectivity index (χ2n) is 5.40. The van der Waals surface area contributed by atoms with Crippen molar-refractivity contribution in [2.75, 3.05) is 6.61 Å². The third kappa shape index (κ3) is 13.5. The summed E-state index contributed by atoms with van der Waals surface area (Å²) >= 11 is 1.33. The van der Waals surface area contributed by atoms with Crippen LogP contribution < -0.4 is 0 Å². The van der Waals surface area contributed by atoms with Crippen molar-refractivity contribution in [2.24, 2.45) is 0 Å². The first-order chi connectivity index (χ1) is 8.85. The van der Waals surface area contributed by atoms with Crippen LogP contribution >= 0.6 is 11.8 Å². The van der Waals surface area contributed by atoms with Gasteiger partial charge in [0.1, 0.15) is 0 Å². The van der Waals surface area contributed by atoms with Gasteiger partial charge in [0, 0.05) is 11.2 Å². The normalized spacial score (nSPS) is 11.8. The van der Waals surface area contributed by atoms with Gasteiger partial charge in [-0.25, -0.2) is 0 Å². The Bertz CT molecular complexity index is 303. The molecule has 110 valence electrons. The van der Waals surface area contributed by atoms with Crippen LogP contribution in [0.15, 0.2) is 12.2 Å². The zero-order valence-electron chi connectivity index (χ0n) is 12.5. The van der Waals surface area contributed by atoms with Gasteiger partial charge in [0.05, 0.1) is 6.61 Å². The first-order valence-electron chi connectivity index (χ1n) is 6.90. The summed E-state index contributed by atoms with van der Waals surface area (Å²) in [6.45, 7) is 8.55. The van der Waals surface area contributed by atoms with Crippen LogP contribution in [0.25, 0.3) is 0 Å². The molecule has 3 nitrogen and oxygen atoms in total. The second kappa shape index (κ2) is 10.1. The molecule has 0 saturated carbocycles. The third-order valence-electron chi connectivity index (χ3n) is 2.13. The minimum atomic E-state index is -0.120. The van der Waals surface area contributed by atoms with Crippen LogP contribution in [0.5, 0.6) is 0 Å². The summed E-state index contributed by atoms with van der Waals surface area (Å²) in [6, 6.07) is 0. The quantitative estimate of drug-likeness (QED) is 0.382. The fourth-order valence-corrected chi connectivity index (χ4v) is 2.10. The number of carbonyl (C=O) groups excluding carboxylic acids is 2. The Morgan fingerprint density at radius 2 is 1.89 bits per heavy atom. The van der Waals surface area contributed by atoms with E-state index in [2.05, 4.69) is 0 Å². The summed E-state index contributed by atoms with van der Waals surface area (Å²) < 4.78 is 4.94. The molecule has 0 aliphatic rings. The molecule has 0 fully saturated rings. The Hall–Kier alpha value is -0.770. The van der Waals surface area contributed by atoms with Crippen molar-refractivity contribution in [2.45, 2.75) is 64.5 Å². The number of esters is 1. The molecule has 0 unspecified atom stereocenters. The first kappa shape index (κ1) is 18.2. The molecule has 0 rings (SSSR count). The number of hydrogen-bond acceptors (Lipinski definition) is 4. The summed E-state index contributed by atoms with van der Waals surface area (Å²) in [5.74, 6) is -0.120. The number of carbonyl (C=O) groups is 2. The number of hydrogen-bond donors (Lipinski definition) is 0. The van der Waals surface area contributed by atoms with Crippen LogP contribution in [0, 0.1) is 0 Å². The number of allylic oxidation sites excluding steroid dienone is 1. The van der Waals surface area contributed by atoms with E-state index in [4.69, 9.17) is 4.74 Å². The van der Waals surface area contributed by atoms with Gasteiger partial charge in [0.2, 0.25) is 5.12 Å². The maximum Gasteiger partial charge on any atom is 0.305 e. The molecule has 0 aromatic carbocycles. The lowest BCUT2D eigenvalue weighted by atomic mass is 10.2. The lowest BCUT2D eigenvalue weighted by Gasteiger charge is -2.14. The van der Waals surface area contributed by atoms with E-state index in [-0.39, 0.29) is 15.8 Å². The van der Waals surface area contributed by atoms with Crippen molar-refractivity contribution < 1.29 is 14.3 Å². The Kier molecular flexibility index (Phi) is 9.66. The van der Waals surface area contributed by atoms with Crippen LogP contribution in [-0.4, -0.2) is 22.4 Å². The highest BCUT2D eigenvalue weighted by Gasteiger charge is 2.14. The van der Waals surface area contributed by atoms with Gasteiger partial charge in [-0.2, -0.15) is 0 Å². The molecular formula is C15H26O3S. The maximum absolute atomic E-state index is 11.5. The average molecular weight is 286 g/mol. The number of thioether (sulfide) groups is 1. The van der Waals surface area contributed by atoms with Gasteiger partial charge in [-0.05, 0) is 31.8 Å².